The summed E-state index contributed by atoms with van der Waals surface area (Å²) in [6.45, 7) is 6.09. The standard InChI is InChI=1S/C16H22F3NO/c1-3-20-15(9-12-6-7-21-10-12)14-5-4-13(8-11(14)2)16(17,18)19/h4-5,8,12,15,20H,3,6-7,9-10H2,1-2H3. The van der Waals surface area contributed by atoms with E-state index in [2.05, 4.69) is 5.32 Å². The number of rotatable bonds is 5. The van der Waals surface area contributed by atoms with Crippen LogP contribution in [0, 0.1) is 12.8 Å². The van der Waals surface area contributed by atoms with Crippen LogP contribution in [0.2, 0.25) is 0 Å². The Hall–Kier alpha value is -1.07. The van der Waals surface area contributed by atoms with E-state index in [0.29, 0.717) is 11.5 Å². The maximum Gasteiger partial charge on any atom is 0.416 e. The molecule has 5 heteroatoms. The second-order valence-corrected chi connectivity index (χ2v) is 5.64. The lowest BCUT2D eigenvalue weighted by Gasteiger charge is -2.23. The highest BCUT2D eigenvalue weighted by molar-refractivity contribution is 5.34. The third-order valence-electron chi connectivity index (χ3n) is 4.02. The molecule has 2 rings (SSSR count). The SMILES string of the molecule is CCNC(CC1CCOC1)c1ccc(C(F)(F)F)cc1C. The second-order valence-electron chi connectivity index (χ2n) is 5.64. The minimum absolute atomic E-state index is 0.0870. The molecule has 1 N–H and O–H groups in total. The van der Waals surface area contributed by atoms with E-state index >= 15 is 0 Å². The Morgan fingerprint density at radius 1 is 1.38 bits per heavy atom. The third kappa shape index (κ3) is 4.20. The first kappa shape index (κ1) is 16.3. The molecule has 0 amide bonds. The molecular weight excluding hydrogens is 279 g/mol. The van der Waals surface area contributed by atoms with Gasteiger partial charge in [0.25, 0.3) is 0 Å². The number of ether oxygens (including phenoxy) is 1. The van der Waals surface area contributed by atoms with Crippen molar-refractivity contribution in [1.29, 1.82) is 0 Å². The van der Waals surface area contributed by atoms with E-state index in [1.165, 1.54) is 12.1 Å². The molecule has 0 spiro atoms. The van der Waals surface area contributed by atoms with Crippen LogP contribution in [0.3, 0.4) is 0 Å². The van der Waals surface area contributed by atoms with Crippen molar-refractivity contribution in [1.82, 2.24) is 5.32 Å². The summed E-state index contributed by atoms with van der Waals surface area (Å²) in [7, 11) is 0. The summed E-state index contributed by atoms with van der Waals surface area (Å²) in [6, 6.07) is 4.12. The molecule has 0 aliphatic carbocycles. The average molecular weight is 301 g/mol. The van der Waals surface area contributed by atoms with Crippen molar-refractivity contribution in [2.24, 2.45) is 5.92 Å². The van der Waals surface area contributed by atoms with Gasteiger partial charge in [-0.05, 0) is 55.5 Å². The van der Waals surface area contributed by atoms with Crippen LogP contribution < -0.4 is 5.32 Å². The number of benzene rings is 1. The van der Waals surface area contributed by atoms with Crippen LogP contribution in [-0.4, -0.2) is 19.8 Å². The lowest BCUT2D eigenvalue weighted by Crippen LogP contribution is -2.24. The fraction of sp³-hybridized carbons (Fsp3) is 0.625. The van der Waals surface area contributed by atoms with Crippen molar-refractivity contribution >= 4 is 0 Å². The molecule has 21 heavy (non-hydrogen) atoms. The van der Waals surface area contributed by atoms with E-state index < -0.39 is 11.7 Å². The van der Waals surface area contributed by atoms with Crippen molar-refractivity contribution in [3.05, 3.63) is 34.9 Å². The highest BCUT2D eigenvalue weighted by atomic mass is 19.4. The molecule has 2 atom stereocenters. The number of halogens is 3. The Balaban J connectivity index is 2.19. The third-order valence-corrected chi connectivity index (χ3v) is 4.02. The van der Waals surface area contributed by atoms with Crippen molar-refractivity contribution in [2.45, 2.75) is 38.9 Å². The van der Waals surface area contributed by atoms with Gasteiger partial charge in [-0.1, -0.05) is 13.0 Å². The zero-order chi connectivity index (χ0) is 15.5. The van der Waals surface area contributed by atoms with Crippen LogP contribution in [0.5, 0.6) is 0 Å². The minimum Gasteiger partial charge on any atom is -0.381 e. The zero-order valence-corrected chi connectivity index (χ0v) is 12.5. The van der Waals surface area contributed by atoms with Crippen molar-refractivity contribution in [2.75, 3.05) is 19.8 Å². The number of alkyl halides is 3. The van der Waals surface area contributed by atoms with E-state index in [1.807, 2.05) is 6.92 Å². The van der Waals surface area contributed by atoms with Gasteiger partial charge >= 0.3 is 6.18 Å². The summed E-state index contributed by atoms with van der Waals surface area (Å²) < 4.78 is 43.6. The molecule has 1 aromatic carbocycles. The van der Waals surface area contributed by atoms with E-state index in [0.717, 1.165) is 38.2 Å². The summed E-state index contributed by atoms with van der Waals surface area (Å²) in [5.41, 5.74) is 1.06. The van der Waals surface area contributed by atoms with Gasteiger partial charge in [0, 0.05) is 19.3 Å². The lowest BCUT2D eigenvalue weighted by molar-refractivity contribution is -0.137. The predicted molar refractivity (Wildman–Crippen MR) is 76.1 cm³/mol. The molecule has 0 bridgehead atoms. The molecule has 1 saturated heterocycles. The highest BCUT2D eigenvalue weighted by Crippen LogP contribution is 2.33. The molecular formula is C16H22F3NO. The first-order valence-corrected chi connectivity index (χ1v) is 7.40. The molecule has 0 aromatic heterocycles. The Kier molecular flexibility index (Phi) is 5.27. The maximum atomic E-state index is 12.7. The number of hydrogen-bond acceptors (Lipinski definition) is 2. The molecule has 1 fully saturated rings. The molecule has 1 aliphatic rings. The van der Waals surface area contributed by atoms with Gasteiger partial charge in [-0.15, -0.1) is 0 Å². The van der Waals surface area contributed by atoms with Gasteiger partial charge in [0.1, 0.15) is 0 Å². The minimum atomic E-state index is -4.28. The van der Waals surface area contributed by atoms with E-state index in [9.17, 15) is 13.2 Å². The van der Waals surface area contributed by atoms with E-state index in [4.69, 9.17) is 4.74 Å². The highest BCUT2D eigenvalue weighted by Gasteiger charge is 2.31. The molecule has 1 aromatic rings. The second kappa shape index (κ2) is 6.79. The summed E-state index contributed by atoms with van der Waals surface area (Å²) in [5, 5.41) is 3.39. The van der Waals surface area contributed by atoms with Gasteiger partial charge in [-0.25, -0.2) is 0 Å². The average Bonchev–Trinajstić information content (AvgIpc) is 2.90. The Bertz CT molecular complexity index is 467. The lowest BCUT2D eigenvalue weighted by atomic mass is 9.91. The zero-order valence-electron chi connectivity index (χ0n) is 12.5. The topological polar surface area (TPSA) is 21.3 Å². The largest absolute Gasteiger partial charge is 0.416 e. The van der Waals surface area contributed by atoms with Gasteiger partial charge in [0.2, 0.25) is 0 Å². The normalized spacial score (nSPS) is 20.7. The van der Waals surface area contributed by atoms with E-state index in [1.54, 1.807) is 13.0 Å². The van der Waals surface area contributed by atoms with Crippen LogP contribution in [0.4, 0.5) is 13.2 Å². The van der Waals surface area contributed by atoms with Gasteiger partial charge < -0.3 is 10.1 Å². The van der Waals surface area contributed by atoms with Crippen molar-refractivity contribution in [3.63, 3.8) is 0 Å². The first-order chi connectivity index (χ1) is 9.91. The molecule has 2 unspecified atom stereocenters. The van der Waals surface area contributed by atoms with Crippen LogP contribution in [0.1, 0.15) is 42.5 Å². The van der Waals surface area contributed by atoms with Crippen LogP contribution in [-0.2, 0) is 10.9 Å². The molecule has 1 aliphatic heterocycles. The maximum absolute atomic E-state index is 12.7. The Morgan fingerprint density at radius 2 is 2.14 bits per heavy atom. The smallest absolute Gasteiger partial charge is 0.381 e. The number of hydrogen-bond donors (Lipinski definition) is 1. The Morgan fingerprint density at radius 3 is 2.67 bits per heavy atom. The molecule has 2 nitrogen and oxygen atoms in total. The fourth-order valence-corrected chi connectivity index (χ4v) is 2.91. The van der Waals surface area contributed by atoms with Gasteiger partial charge in [-0.2, -0.15) is 13.2 Å². The van der Waals surface area contributed by atoms with Crippen LogP contribution in [0.25, 0.3) is 0 Å². The first-order valence-electron chi connectivity index (χ1n) is 7.40. The molecule has 1 heterocycles. The summed E-state index contributed by atoms with van der Waals surface area (Å²) in [5.74, 6) is 0.482. The summed E-state index contributed by atoms with van der Waals surface area (Å²) in [4.78, 5) is 0. The fourth-order valence-electron chi connectivity index (χ4n) is 2.91. The van der Waals surface area contributed by atoms with Crippen LogP contribution in [0.15, 0.2) is 18.2 Å². The monoisotopic (exact) mass is 301 g/mol. The predicted octanol–water partition coefficient (Wildman–Crippen LogP) is 4.09. The molecule has 0 radical (unpaired) electrons. The quantitative estimate of drug-likeness (QED) is 0.884. The van der Waals surface area contributed by atoms with E-state index in [-0.39, 0.29) is 6.04 Å². The van der Waals surface area contributed by atoms with Gasteiger partial charge in [-0.3, -0.25) is 0 Å². The van der Waals surface area contributed by atoms with Gasteiger partial charge in [0.15, 0.2) is 0 Å². The number of aryl methyl sites for hydroxylation is 1. The Labute approximate surface area is 123 Å². The van der Waals surface area contributed by atoms with Crippen molar-refractivity contribution < 1.29 is 17.9 Å². The van der Waals surface area contributed by atoms with Crippen molar-refractivity contribution in [3.8, 4) is 0 Å². The summed E-state index contributed by atoms with van der Waals surface area (Å²) in [6.07, 6.45) is -2.35. The molecule has 0 saturated carbocycles. The van der Waals surface area contributed by atoms with Gasteiger partial charge in [0.05, 0.1) is 5.56 Å². The molecule has 118 valence electrons. The number of nitrogens with one attached hydrogen (secondary N) is 1. The summed E-state index contributed by atoms with van der Waals surface area (Å²) >= 11 is 0. The van der Waals surface area contributed by atoms with Crippen LogP contribution >= 0.6 is 0 Å².